The van der Waals surface area contributed by atoms with E-state index in [2.05, 4.69) is 15.3 Å². The Kier molecular flexibility index (Phi) is 4.32. The molecule has 4 N–H and O–H groups in total. The van der Waals surface area contributed by atoms with Crippen LogP contribution in [0.1, 0.15) is 48.5 Å². The Hall–Kier alpha value is -2.64. The molecule has 4 rings (SSSR count). The molecular formula is C21H24N4O2S. The first kappa shape index (κ1) is 18.7. The monoisotopic (exact) mass is 396 g/mol. The molecule has 0 radical (unpaired) electrons. The summed E-state index contributed by atoms with van der Waals surface area (Å²) in [5.74, 6) is 0.332. The summed E-state index contributed by atoms with van der Waals surface area (Å²) in [6.45, 7) is 8.15. The highest BCUT2D eigenvalue weighted by atomic mass is 32.1. The highest BCUT2D eigenvalue weighted by Crippen LogP contribution is 2.49. The molecule has 0 fully saturated rings. The number of aromatic nitrogens is 2. The van der Waals surface area contributed by atoms with Crippen molar-refractivity contribution in [1.29, 1.82) is 0 Å². The van der Waals surface area contributed by atoms with Gasteiger partial charge in [-0.25, -0.2) is 4.98 Å². The fourth-order valence-corrected chi connectivity index (χ4v) is 5.28. The van der Waals surface area contributed by atoms with E-state index in [1.165, 1.54) is 11.3 Å². The number of fused-ring (bicyclic) bond motifs is 1. The summed E-state index contributed by atoms with van der Waals surface area (Å²) in [4.78, 5) is 20.9. The van der Waals surface area contributed by atoms with Gasteiger partial charge in [-0.2, -0.15) is 0 Å². The lowest BCUT2D eigenvalue weighted by atomic mass is 9.86. The van der Waals surface area contributed by atoms with Crippen LogP contribution in [0, 0.1) is 0 Å². The van der Waals surface area contributed by atoms with Crippen LogP contribution in [-0.4, -0.2) is 21.5 Å². The number of ether oxygens (including phenoxy) is 1. The molecule has 2 aromatic heterocycles. The number of nitrogens with zero attached hydrogens (tertiary/aromatic N) is 1. The molecule has 0 saturated heterocycles. The van der Waals surface area contributed by atoms with Gasteiger partial charge in [0.25, 0.3) is 5.91 Å². The van der Waals surface area contributed by atoms with Crippen LogP contribution in [0.3, 0.4) is 0 Å². The van der Waals surface area contributed by atoms with Crippen molar-refractivity contribution in [2.24, 2.45) is 5.73 Å². The summed E-state index contributed by atoms with van der Waals surface area (Å²) >= 11 is 1.53. The van der Waals surface area contributed by atoms with Gasteiger partial charge in [-0.15, -0.1) is 11.3 Å². The van der Waals surface area contributed by atoms with Gasteiger partial charge in [-0.05, 0) is 45.4 Å². The predicted octanol–water partition coefficient (Wildman–Crippen LogP) is 4.57. The molecule has 3 aromatic rings. The minimum Gasteiger partial charge on any atom is -0.365 e. The third kappa shape index (κ3) is 3.21. The van der Waals surface area contributed by atoms with Gasteiger partial charge >= 0.3 is 0 Å². The number of nitrogens with one attached hydrogen (secondary N) is 2. The highest BCUT2D eigenvalue weighted by Gasteiger charge is 2.42. The van der Waals surface area contributed by atoms with Crippen LogP contribution in [0.5, 0.6) is 0 Å². The average molecular weight is 397 g/mol. The van der Waals surface area contributed by atoms with E-state index in [0.717, 1.165) is 32.5 Å². The lowest BCUT2D eigenvalue weighted by Crippen LogP contribution is -2.42. The third-order valence-corrected chi connectivity index (χ3v) is 6.32. The molecule has 6 nitrogen and oxygen atoms in total. The number of H-pyrrole nitrogens is 1. The van der Waals surface area contributed by atoms with E-state index < -0.39 is 11.5 Å². The molecule has 0 atom stereocenters. The van der Waals surface area contributed by atoms with Crippen LogP contribution in [0.2, 0.25) is 0 Å². The van der Waals surface area contributed by atoms with Crippen LogP contribution in [0.25, 0.3) is 11.4 Å². The first-order chi connectivity index (χ1) is 13.2. The number of carbonyl (C=O) groups is 1. The standard InChI is InChI=1S/C21H24N4O2S/c1-20(2)11-13-15(17(22)26)19(28-16(13)21(3,4)27-20)25-14-8-6-5-7-12(14)18-23-9-10-24-18/h5-10,25H,11H2,1-4H3,(H2,22,26)(H,23,24). The maximum Gasteiger partial charge on any atom is 0.251 e. The van der Waals surface area contributed by atoms with Gasteiger partial charge in [0, 0.05) is 29.3 Å². The SMILES string of the molecule is CC1(C)Cc2c(sc(Nc3ccccc3-c3ncc[nH]3)c2C(N)=O)C(C)(C)O1. The number of amides is 1. The summed E-state index contributed by atoms with van der Waals surface area (Å²) in [5.41, 5.74) is 8.27. The molecule has 146 valence electrons. The molecule has 0 unspecified atom stereocenters. The van der Waals surface area contributed by atoms with E-state index in [1.807, 2.05) is 52.0 Å². The zero-order valence-corrected chi connectivity index (χ0v) is 17.2. The number of aromatic amines is 1. The Morgan fingerprint density at radius 2 is 2.04 bits per heavy atom. The lowest BCUT2D eigenvalue weighted by molar-refractivity contribution is -0.135. The topological polar surface area (TPSA) is 93.0 Å². The molecule has 0 spiro atoms. The first-order valence-corrected chi connectivity index (χ1v) is 10.0. The molecule has 0 bridgehead atoms. The predicted molar refractivity (Wildman–Crippen MR) is 112 cm³/mol. The molecule has 0 aliphatic carbocycles. The number of benzene rings is 1. The Balaban J connectivity index is 1.83. The van der Waals surface area contributed by atoms with Gasteiger partial charge in [0.1, 0.15) is 10.8 Å². The second kappa shape index (κ2) is 6.46. The van der Waals surface area contributed by atoms with Crippen molar-refractivity contribution in [3.8, 4) is 11.4 Å². The number of anilines is 2. The summed E-state index contributed by atoms with van der Waals surface area (Å²) in [7, 11) is 0. The van der Waals surface area contributed by atoms with E-state index in [4.69, 9.17) is 10.5 Å². The van der Waals surface area contributed by atoms with E-state index in [9.17, 15) is 4.79 Å². The van der Waals surface area contributed by atoms with Crippen molar-refractivity contribution in [3.63, 3.8) is 0 Å². The minimum atomic E-state index is -0.494. The normalized spacial score (nSPS) is 17.1. The maximum absolute atomic E-state index is 12.4. The van der Waals surface area contributed by atoms with Gasteiger partial charge in [-0.1, -0.05) is 12.1 Å². The largest absolute Gasteiger partial charge is 0.365 e. The second-order valence-corrected chi connectivity index (χ2v) is 9.16. The molecular weight excluding hydrogens is 372 g/mol. The number of hydrogen-bond acceptors (Lipinski definition) is 5. The van der Waals surface area contributed by atoms with Crippen molar-refractivity contribution >= 4 is 27.9 Å². The number of para-hydroxylation sites is 1. The minimum absolute atomic E-state index is 0.370. The number of thiophene rings is 1. The number of rotatable bonds is 4. The molecule has 1 amide bonds. The molecule has 1 aliphatic rings. The number of carbonyl (C=O) groups excluding carboxylic acids is 1. The van der Waals surface area contributed by atoms with Crippen molar-refractivity contribution < 1.29 is 9.53 Å². The maximum atomic E-state index is 12.4. The Morgan fingerprint density at radius 1 is 1.29 bits per heavy atom. The Morgan fingerprint density at radius 3 is 2.71 bits per heavy atom. The Bertz CT molecular complexity index is 1030. The van der Waals surface area contributed by atoms with E-state index in [1.54, 1.807) is 12.4 Å². The van der Waals surface area contributed by atoms with Crippen LogP contribution in [-0.2, 0) is 16.8 Å². The average Bonchev–Trinajstić information content (AvgIpc) is 3.22. The molecule has 7 heteroatoms. The van der Waals surface area contributed by atoms with Gasteiger partial charge < -0.3 is 20.8 Å². The molecule has 1 aliphatic heterocycles. The highest BCUT2D eigenvalue weighted by molar-refractivity contribution is 7.17. The Labute approximate surface area is 168 Å². The first-order valence-electron chi connectivity index (χ1n) is 9.20. The summed E-state index contributed by atoms with van der Waals surface area (Å²) in [5, 5.41) is 4.18. The lowest BCUT2D eigenvalue weighted by Gasteiger charge is -2.41. The second-order valence-electron chi connectivity index (χ2n) is 8.14. The van der Waals surface area contributed by atoms with Crippen molar-refractivity contribution in [2.45, 2.75) is 45.3 Å². The quantitative estimate of drug-likeness (QED) is 0.602. The number of primary amides is 1. The van der Waals surface area contributed by atoms with Gasteiger partial charge in [-0.3, -0.25) is 4.79 Å². The van der Waals surface area contributed by atoms with E-state index in [-0.39, 0.29) is 5.60 Å². The van der Waals surface area contributed by atoms with E-state index >= 15 is 0 Å². The van der Waals surface area contributed by atoms with Crippen LogP contribution >= 0.6 is 11.3 Å². The molecule has 28 heavy (non-hydrogen) atoms. The summed E-state index contributed by atoms with van der Waals surface area (Å²) < 4.78 is 6.28. The molecule has 0 saturated carbocycles. The van der Waals surface area contributed by atoms with Gasteiger partial charge in [0.2, 0.25) is 0 Å². The fourth-order valence-electron chi connectivity index (χ4n) is 4.00. The van der Waals surface area contributed by atoms with Crippen molar-refractivity contribution in [3.05, 3.63) is 52.7 Å². The number of nitrogens with two attached hydrogens (primary N) is 1. The third-order valence-electron chi connectivity index (χ3n) is 4.86. The number of hydrogen-bond donors (Lipinski definition) is 3. The van der Waals surface area contributed by atoms with Gasteiger partial charge in [0.05, 0.1) is 22.5 Å². The summed E-state index contributed by atoms with van der Waals surface area (Å²) in [6, 6.07) is 7.85. The molecule has 1 aromatic carbocycles. The van der Waals surface area contributed by atoms with Crippen LogP contribution in [0.4, 0.5) is 10.7 Å². The van der Waals surface area contributed by atoms with Crippen molar-refractivity contribution in [2.75, 3.05) is 5.32 Å². The zero-order chi connectivity index (χ0) is 20.1. The summed E-state index contributed by atoms with van der Waals surface area (Å²) in [6.07, 6.45) is 4.14. The van der Waals surface area contributed by atoms with Crippen molar-refractivity contribution in [1.82, 2.24) is 9.97 Å². The zero-order valence-electron chi connectivity index (χ0n) is 16.4. The van der Waals surface area contributed by atoms with E-state index in [0.29, 0.717) is 12.0 Å². The van der Waals surface area contributed by atoms with Gasteiger partial charge in [0.15, 0.2) is 0 Å². The smallest absolute Gasteiger partial charge is 0.251 e. The fraction of sp³-hybridized carbons (Fsp3) is 0.333. The van der Waals surface area contributed by atoms with Crippen LogP contribution < -0.4 is 11.1 Å². The number of imidazole rings is 1. The van der Waals surface area contributed by atoms with Crippen LogP contribution in [0.15, 0.2) is 36.7 Å². The molecule has 3 heterocycles.